The predicted octanol–water partition coefficient (Wildman–Crippen LogP) is 7.66. The van der Waals surface area contributed by atoms with Crippen molar-refractivity contribution in [3.05, 3.63) is 107 Å². The van der Waals surface area contributed by atoms with E-state index in [1.807, 2.05) is 0 Å². The summed E-state index contributed by atoms with van der Waals surface area (Å²) in [6, 6.07) is 19.0. The molecule has 0 aliphatic carbocycles. The minimum atomic E-state index is -0.850. The van der Waals surface area contributed by atoms with E-state index in [0.717, 1.165) is 12.8 Å². The number of unbranched alkanes of at least 4 members (excludes halogenated alkanes) is 4. The highest BCUT2D eigenvalue weighted by Gasteiger charge is 2.21. The first-order chi connectivity index (χ1) is 23.6. The van der Waals surface area contributed by atoms with Gasteiger partial charge in [-0.15, -0.1) is 0 Å². The van der Waals surface area contributed by atoms with Crippen molar-refractivity contribution in [1.82, 2.24) is 5.32 Å². The Hall–Kier alpha value is -5.38. The minimum absolute atomic E-state index is 0.168. The summed E-state index contributed by atoms with van der Waals surface area (Å²) in [6.07, 6.45) is 5.92. The maximum atomic E-state index is 13.2. The average molecular weight is 669 g/mol. The zero-order chi connectivity index (χ0) is 35.3. The van der Waals surface area contributed by atoms with Crippen molar-refractivity contribution in [1.29, 1.82) is 0 Å². The molecule has 1 atom stereocenters. The molecule has 0 saturated heterocycles. The summed E-state index contributed by atoms with van der Waals surface area (Å²) in [5.41, 5.74) is 2.13. The molecule has 1 unspecified atom stereocenters. The number of amides is 2. The first-order valence-electron chi connectivity index (χ1n) is 16.5. The van der Waals surface area contributed by atoms with Gasteiger partial charge in [0.05, 0.1) is 30.9 Å². The van der Waals surface area contributed by atoms with Crippen LogP contribution in [0.5, 0.6) is 17.2 Å². The van der Waals surface area contributed by atoms with Gasteiger partial charge >= 0.3 is 5.97 Å². The Bertz CT molecular complexity index is 1760. The van der Waals surface area contributed by atoms with Gasteiger partial charge in [0.1, 0.15) is 17.3 Å². The quantitative estimate of drug-likeness (QED) is 0.0666. The molecule has 2 amide bonds. The van der Waals surface area contributed by atoms with Crippen LogP contribution in [0.1, 0.15) is 94.1 Å². The molecule has 3 aromatic carbocycles. The fourth-order valence-electron chi connectivity index (χ4n) is 5.23. The predicted molar refractivity (Wildman–Crippen MR) is 187 cm³/mol. The molecule has 4 aromatic rings. The van der Waals surface area contributed by atoms with Crippen LogP contribution in [0, 0.1) is 13.8 Å². The van der Waals surface area contributed by atoms with Crippen molar-refractivity contribution in [2.45, 2.75) is 72.3 Å². The van der Waals surface area contributed by atoms with Crippen LogP contribution in [0.3, 0.4) is 0 Å². The van der Waals surface area contributed by atoms with Gasteiger partial charge in [0.2, 0.25) is 0 Å². The second-order valence-corrected chi connectivity index (χ2v) is 11.9. The lowest BCUT2D eigenvalue weighted by molar-refractivity contribution is -0.118. The molecule has 0 fully saturated rings. The van der Waals surface area contributed by atoms with Gasteiger partial charge in [-0.3, -0.25) is 14.4 Å². The van der Waals surface area contributed by atoms with Crippen LogP contribution < -0.4 is 24.8 Å². The normalized spacial score (nSPS) is 11.4. The molecule has 0 radical (unpaired) electrons. The second kappa shape index (κ2) is 17.7. The fraction of sp³-hybridized carbons (Fsp3) is 0.333. The van der Waals surface area contributed by atoms with Crippen LogP contribution in [0.4, 0.5) is 5.69 Å². The van der Waals surface area contributed by atoms with Crippen molar-refractivity contribution >= 4 is 29.3 Å². The third-order valence-electron chi connectivity index (χ3n) is 7.94. The molecule has 49 heavy (non-hydrogen) atoms. The maximum absolute atomic E-state index is 13.2. The van der Waals surface area contributed by atoms with Crippen molar-refractivity contribution in [3.63, 3.8) is 0 Å². The molecule has 0 aliphatic rings. The molecule has 0 saturated carbocycles. The Morgan fingerprint density at radius 3 is 2.24 bits per heavy atom. The zero-order valence-corrected chi connectivity index (χ0v) is 28.7. The first kappa shape index (κ1) is 36.5. The van der Waals surface area contributed by atoms with E-state index in [0.29, 0.717) is 52.0 Å². The van der Waals surface area contributed by atoms with Crippen LogP contribution in [0.25, 0.3) is 0 Å². The topological polar surface area (TPSA) is 133 Å². The number of carbonyl (C=O) groups is 4. The molecule has 10 heteroatoms. The third-order valence-corrected chi connectivity index (χ3v) is 7.94. The van der Waals surface area contributed by atoms with Gasteiger partial charge < -0.3 is 29.3 Å². The number of Topliss-reactive ketones (excluding diaryl/α,β-unsaturated/α-hetero) is 1. The number of benzene rings is 3. The van der Waals surface area contributed by atoms with Gasteiger partial charge in [0, 0.05) is 11.3 Å². The van der Waals surface area contributed by atoms with E-state index >= 15 is 0 Å². The minimum Gasteiger partial charge on any atom is -0.494 e. The van der Waals surface area contributed by atoms with Gasteiger partial charge in [-0.1, -0.05) is 44.7 Å². The molecule has 0 aliphatic heterocycles. The Morgan fingerprint density at radius 1 is 0.816 bits per heavy atom. The molecular weight excluding hydrogens is 624 g/mol. The number of nitrogens with one attached hydrogen (secondary N) is 2. The molecule has 0 spiro atoms. The number of furan rings is 1. The summed E-state index contributed by atoms with van der Waals surface area (Å²) in [5.74, 6) is 0.679. The van der Waals surface area contributed by atoms with Gasteiger partial charge in [-0.05, 0) is 99.8 Å². The van der Waals surface area contributed by atoms with E-state index in [-0.39, 0.29) is 29.4 Å². The standard InChI is InChI=1S/C39H44N2O8/c1-6-7-8-9-10-20-47-32-17-15-29(16-18-32)39(45)49-35-19-14-28(23-36(35)46-5)22-34(26(3)42)41-37(43)30-12-11-13-31(24-30)40-38(44)33-21-25(2)48-27(33)4/h11-19,21,23-24,34H,6-10,20,22H2,1-5H3,(H,40,44)(H,41,43). The van der Waals surface area contributed by atoms with Crippen LogP contribution in [0.2, 0.25) is 0 Å². The highest BCUT2D eigenvalue weighted by Crippen LogP contribution is 2.30. The first-order valence-corrected chi connectivity index (χ1v) is 16.5. The number of anilines is 1. The summed E-state index contributed by atoms with van der Waals surface area (Å²) in [6.45, 7) is 7.67. The lowest BCUT2D eigenvalue weighted by Crippen LogP contribution is -2.41. The van der Waals surface area contributed by atoms with E-state index < -0.39 is 17.9 Å². The molecular formula is C39H44N2O8. The van der Waals surface area contributed by atoms with E-state index in [9.17, 15) is 19.2 Å². The van der Waals surface area contributed by atoms with E-state index in [2.05, 4.69) is 17.6 Å². The number of rotatable bonds is 17. The number of esters is 1. The van der Waals surface area contributed by atoms with Gasteiger partial charge in [0.15, 0.2) is 17.3 Å². The summed E-state index contributed by atoms with van der Waals surface area (Å²) in [4.78, 5) is 51.4. The number of hydrogen-bond donors (Lipinski definition) is 2. The van der Waals surface area contributed by atoms with Crippen LogP contribution in [-0.2, 0) is 11.2 Å². The summed E-state index contributed by atoms with van der Waals surface area (Å²) in [7, 11) is 1.45. The van der Waals surface area contributed by atoms with Gasteiger partial charge in [0.25, 0.3) is 11.8 Å². The number of ether oxygens (including phenoxy) is 3. The van der Waals surface area contributed by atoms with Crippen LogP contribution >= 0.6 is 0 Å². The zero-order valence-electron chi connectivity index (χ0n) is 28.7. The van der Waals surface area contributed by atoms with E-state index in [1.165, 1.54) is 39.4 Å². The fourth-order valence-corrected chi connectivity index (χ4v) is 5.23. The smallest absolute Gasteiger partial charge is 0.343 e. The lowest BCUT2D eigenvalue weighted by Gasteiger charge is -2.18. The molecule has 0 bridgehead atoms. The Kier molecular flexibility index (Phi) is 13.2. The van der Waals surface area contributed by atoms with Crippen molar-refractivity contribution in [2.24, 2.45) is 0 Å². The molecule has 10 nitrogen and oxygen atoms in total. The highest BCUT2D eigenvalue weighted by atomic mass is 16.6. The average Bonchev–Trinajstić information content (AvgIpc) is 3.44. The number of hydrogen-bond acceptors (Lipinski definition) is 8. The summed E-state index contributed by atoms with van der Waals surface area (Å²) >= 11 is 0. The number of aryl methyl sites for hydroxylation is 2. The summed E-state index contributed by atoms with van der Waals surface area (Å²) in [5, 5.41) is 5.57. The van der Waals surface area contributed by atoms with E-state index in [4.69, 9.17) is 18.6 Å². The monoisotopic (exact) mass is 668 g/mol. The largest absolute Gasteiger partial charge is 0.494 e. The number of ketones is 1. The molecule has 1 aromatic heterocycles. The SMILES string of the molecule is CCCCCCCOc1ccc(C(=O)Oc2ccc(CC(NC(=O)c3cccc(NC(=O)c4cc(C)oc4C)c3)C(C)=O)cc2OC)cc1. The molecule has 258 valence electrons. The Morgan fingerprint density at radius 2 is 1.57 bits per heavy atom. The van der Waals surface area contributed by atoms with Crippen molar-refractivity contribution < 1.29 is 37.8 Å². The maximum Gasteiger partial charge on any atom is 0.343 e. The second-order valence-electron chi connectivity index (χ2n) is 11.9. The Balaban J connectivity index is 1.35. The Labute approximate surface area is 287 Å². The van der Waals surface area contributed by atoms with Crippen molar-refractivity contribution in [2.75, 3.05) is 19.0 Å². The van der Waals surface area contributed by atoms with Gasteiger partial charge in [-0.2, -0.15) is 0 Å². The molecule has 1 heterocycles. The van der Waals surface area contributed by atoms with Gasteiger partial charge in [-0.25, -0.2) is 4.79 Å². The number of carbonyl (C=O) groups excluding carboxylic acids is 4. The third kappa shape index (κ3) is 10.6. The number of methoxy groups -OCH3 is 1. The molecule has 4 rings (SSSR count). The lowest BCUT2D eigenvalue weighted by atomic mass is 10.0. The van der Waals surface area contributed by atoms with Crippen molar-refractivity contribution in [3.8, 4) is 17.2 Å². The summed E-state index contributed by atoms with van der Waals surface area (Å²) < 4.78 is 22.3. The van der Waals surface area contributed by atoms with Crippen LogP contribution in [-0.4, -0.2) is 43.3 Å². The molecule has 2 N–H and O–H groups in total. The van der Waals surface area contributed by atoms with E-state index in [1.54, 1.807) is 80.6 Å². The van der Waals surface area contributed by atoms with Crippen LogP contribution in [0.15, 0.2) is 77.2 Å². The highest BCUT2D eigenvalue weighted by molar-refractivity contribution is 6.06.